The highest BCUT2D eigenvalue weighted by Crippen LogP contribution is 2.30. The molecule has 0 aromatic heterocycles. The molecular formula is C13H15FN2O2S. The molecule has 0 radical (unpaired) electrons. The molecule has 2 N–H and O–H groups in total. The van der Waals surface area contributed by atoms with Gasteiger partial charge in [-0.1, -0.05) is 11.2 Å². The number of benzene rings is 1. The fraction of sp³-hybridized carbons (Fsp3) is 0.385. The van der Waals surface area contributed by atoms with Crippen LogP contribution in [0.4, 0.5) is 4.39 Å². The molecule has 1 aliphatic rings. The molecule has 1 aliphatic heterocycles. The molecule has 0 aliphatic carbocycles. The van der Waals surface area contributed by atoms with Crippen LogP contribution < -0.4 is 5.73 Å². The van der Waals surface area contributed by atoms with Crippen molar-refractivity contribution in [3.8, 4) is 0 Å². The highest BCUT2D eigenvalue weighted by molar-refractivity contribution is 8.13. The van der Waals surface area contributed by atoms with Gasteiger partial charge in [0.15, 0.2) is 0 Å². The van der Waals surface area contributed by atoms with Gasteiger partial charge in [-0.15, -0.1) is 11.8 Å². The number of rotatable bonds is 3. The zero-order valence-corrected chi connectivity index (χ0v) is 11.6. The summed E-state index contributed by atoms with van der Waals surface area (Å²) in [4.78, 5) is 16.5. The maximum absolute atomic E-state index is 13.7. The smallest absolute Gasteiger partial charge is 0.249 e. The van der Waals surface area contributed by atoms with Crippen molar-refractivity contribution >= 4 is 22.7 Å². The van der Waals surface area contributed by atoms with E-state index in [9.17, 15) is 9.18 Å². The first-order chi connectivity index (χ1) is 8.89. The van der Waals surface area contributed by atoms with Gasteiger partial charge in [-0.2, -0.15) is 0 Å². The van der Waals surface area contributed by atoms with Gasteiger partial charge in [0.2, 0.25) is 5.91 Å². The summed E-state index contributed by atoms with van der Waals surface area (Å²) in [5.74, 6) is -0.744. The van der Waals surface area contributed by atoms with E-state index in [1.807, 2.05) is 13.8 Å². The number of primary amides is 1. The Morgan fingerprint density at radius 3 is 2.89 bits per heavy atom. The molecule has 1 aromatic carbocycles. The van der Waals surface area contributed by atoms with Gasteiger partial charge in [-0.25, -0.2) is 4.39 Å². The van der Waals surface area contributed by atoms with Gasteiger partial charge in [0.1, 0.15) is 16.5 Å². The minimum atomic E-state index is -0.625. The average molecular weight is 282 g/mol. The molecule has 0 unspecified atom stereocenters. The van der Waals surface area contributed by atoms with Crippen LogP contribution in [-0.4, -0.2) is 16.6 Å². The molecule has 6 heteroatoms. The lowest BCUT2D eigenvalue weighted by atomic mass is 10.1. The fourth-order valence-electron chi connectivity index (χ4n) is 1.77. The van der Waals surface area contributed by atoms with Crippen LogP contribution in [0.1, 0.15) is 36.2 Å². The van der Waals surface area contributed by atoms with Gasteiger partial charge in [0.05, 0.1) is 0 Å². The second-order valence-corrected chi connectivity index (χ2v) is 5.98. The molecule has 0 saturated heterocycles. The van der Waals surface area contributed by atoms with E-state index >= 15 is 0 Å². The third-order valence-corrected chi connectivity index (χ3v) is 3.72. The Balaban J connectivity index is 2.10. The van der Waals surface area contributed by atoms with Crippen LogP contribution in [0.2, 0.25) is 0 Å². The number of amides is 1. The van der Waals surface area contributed by atoms with E-state index in [-0.39, 0.29) is 11.2 Å². The molecule has 0 spiro atoms. The van der Waals surface area contributed by atoms with Crippen molar-refractivity contribution in [2.75, 3.05) is 0 Å². The highest BCUT2D eigenvalue weighted by Gasteiger charge is 2.29. The van der Waals surface area contributed by atoms with E-state index in [2.05, 4.69) is 5.16 Å². The van der Waals surface area contributed by atoms with E-state index in [0.717, 1.165) is 5.04 Å². The Bertz CT molecular complexity index is 543. The summed E-state index contributed by atoms with van der Waals surface area (Å²) < 4.78 is 13.7. The second-order valence-electron chi connectivity index (χ2n) is 4.93. The van der Waals surface area contributed by atoms with Crippen molar-refractivity contribution in [3.05, 3.63) is 35.1 Å². The third kappa shape index (κ3) is 3.26. The van der Waals surface area contributed by atoms with Crippen LogP contribution in [0.25, 0.3) is 0 Å². The van der Waals surface area contributed by atoms with Gasteiger partial charge in [0, 0.05) is 23.3 Å². The number of halogens is 1. The van der Waals surface area contributed by atoms with Gasteiger partial charge in [-0.05, 0) is 26.0 Å². The Morgan fingerprint density at radius 2 is 2.32 bits per heavy atom. The summed E-state index contributed by atoms with van der Waals surface area (Å²) >= 11 is 1.36. The van der Waals surface area contributed by atoms with Crippen LogP contribution in [0.15, 0.2) is 23.4 Å². The standard InChI is InChI=1S/C13H15FN2O2S/c1-13(2)6-11(16-18-13)19-7-9-8(12(15)17)4-3-5-10(9)14/h3-5H,6-7H2,1-2H3,(H2,15,17). The average Bonchev–Trinajstić information content (AvgIpc) is 2.67. The number of oxime groups is 1. The number of thioether (sulfide) groups is 1. The first kappa shape index (κ1) is 13.9. The predicted octanol–water partition coefficient (Wildman–Crippen LogP) is 2.67. The van der Waals surface area contributed by atoms with Gasteiger partial charge in [-0.3, -0.25) is 4.79 Å². The molecule has 0 bridgehead atoms. The fourth-order valence-corrected chi connectivity index (χ4v) is 2.92. The minimum Gasteiger partial charge on any atom is -0.389 e. The Labute approximate surface area is 115 Å². The van der Waals surface area contributed by atoms with Crippen LogP contribution in [0, 0.1) is 5.82 Å². The number of carbonyl (C=O) groups excluding carboxylic acids is 1. The molecule has 19 heavy (non-hydrogen) atoms. The molecule has 0 atom stereocenters. The molecule has 102 valence electrons. The largest absolute Gasteiger partial charge is 0.389 e. The van der Waals surface area contributed by atoms with Crippen LogP contribution in [0.3, 0.4) is 0 Å². The van der Waals surface area contributed by atoms with Crippen molar-refractivity contribution in [1.82, 2.24) is 0 Å². The zero-order chi connectivity index (χ0) is 14.0. The lowest BCUT2D eigenvalue weighted by molar-refractivity contribution is 0.0123. The van der Waals surface area contributed by atoms with Gasteiger partial charge < -0.3 is 10.6 Å². The molecule has 0 fully saturated rings. The number of nitrogens with zero attached hydrogens (tertiary/aromatic N) is 1. The summed E-state index contributed by atoms with van der Waals surface area (Å²) in [5.41, 5.74) is 5.45. The van der Waals surface area contributed by atoms with E-state index in [1.165, 1.54) is 30.0 Å². The van der Waals surface area contributed by atoms with Crippen LogP contribution >= 0.6 is 11.8 Å². The van der Waals surface area contributed by atoms with E-state index < -0.39 is 11.7 Å². The van der Waals surface area contributed by atoms with Crippen LogP contribution in [0.5, 0.6) is 0 Å². The van der Waals surface area contributed by atoms with E-state index in [4.69, 9.17) is 10.6 Å². The maximum Gasteiger partial charge on any atom is 0.249 e. The number of hydrogen-bond acceptors (Lipinski definition) is 4. The molecule has 4 nitrogen and oxygen atoms in total. The Morgan fingerprint density at radius 1 is 1.58 bits per heavy atom. The third-order valence-electron chi connectivity index (χ3n) is 2.74. The second kappa shape index (κ2) is 5.21. The first-order valence-corrected chi connectivity index (χ1v) is 6.83. The van der Waals surface area contributed by atoms with Gasteiger partial charge in [0.25, 0.3) is 0 Å². The minimum absolute atomic E-state index is 0.214. The summed E-state index contributed by atoms with van der Waals surface area (Å²) in [6.07, 6.45) is 0.679. The first-order valence-electron chi connectivity index (χ1n) is 5.84. The summed E-state index contributed by atoms with van der Waals surface area (Å²) in [6, 6.07) is 4.32. The molecule has 1 amide bonds. The maximum atomic E-state index is 13.7. The molecule has 0 saturated carbocycles. The summed E-state index contributed by atoms with van der Waals surface area (Å²) in [6.45, 7) is 3.87. The summed E-state index contributed by atoms with van der Waals surface area (Å²) in [5, 5.41) is 4.74. The molecule has 1 aromatic rings. The zero-order valence-electron chi connectivity index (χ0n) is 10.8. The van der Waals surface area contributed by atoms with Crippen molar-refractivity contribution in [2.24, 2.45) is 10.9 Å². The number of carbonyl (C=O) groups is 1. The SMILES string of the molecule is CC1(C)CC(SCc2c(F)cccc2C(N)=O)=NO1. The summed E-state index contributed by atoms with van der Waals surface area (Å²) in [7, 11) is 0. The Hall–Kier alpha value is -1.56. The predicted molar refractivity (Wildman–Crippen MR) is 73.4 cm³/mol. The van der Waals surface area contributed by atoms with Crippen LogP contribution in [-0.2, 0) is 10.6 Å². The number of hydrogen-bond donors (Lipinski definition) is 1. The lowest BCUT2D eigenvalue weighted by Gasteiger charge is -2.13. The topological polar surface area (TPSA) is 64.7 Å². The number of nitrogens with two attached hydrogens (primary N) is 1. The molecule has 1 heterocycles. The monoisotopic (exact) mass is 282 g/mol. The van der Waals surface area contributed by atoms with E-state index in [1.54, 1.807) is 0 Å². The highest BCUT2D eigenvalue weighted by atomic mass is 32.2. The van der Waals surface area contributed by atoms with Crippen molar-refractivity contribution in [3.63, 3.8) is 0 Å². The normalized spacial score (nSPS) is 16.9. The van der Waals surface area contributed by atoms with E-state index in [0.29, 0.717) is 17.7 Å². The van der Waals surface area contributed by atoms with Crippen molar-refractivity contribution < 1.29 is 14.0 Å². The molecule has 2 rings (SSSR count). The lowest BCUT2D eigenvalue weighted by Crippen LogP contribution is -2.18. The van der Waals surface area contributed by atoms with Gasteiger partial charge >= 0.3 is 0 Å². The van der Waals surface area contributed by atoms with Crippen molar-refractivity contribution in [1.29, 1.82) is 0 Å². The molecular weight excluding hydrogens is 267 g/mol. The van der Waals surface area contributed by atoms with Crippen molar-refractivity contribution in [2.45, 2.75) is 31.6 Å². The quantitative estimate of drug-likeness (QED) is 0.927. The Kier molecular flexibility index (Phi) is 3.80.